The van der Waals surface area contributed by atoms with Gasteiger partial charge in [0.05, 0.1) is 5.69 Å². The SMILES string of the molecule is c1ccc(-c2n[nH]c(C3CCCN(Cc4ccon4)C3)n2)cc1. The minimum atomic E-state index is 0.389. The van der Waals surface area contributed by atoms with Crippen molar-refractivity contribution < 1.29 is 4.52 Å². The lowest BCUT2D eigenvalue weighted by atomic mass is 9.97. The number of benzene rings is 1. The first-order chi connectivity index (χ1) is 11.4. The van der Waals surface area contributed by atoms with Crippen molar-refractivity contribution in [3.05, 3.63) is 54.2 Å². The molecule has 0 amide bonds. The van der Waals surface area contributed by atoms with Crippen molar-refractivity contribution in [2.75, 3.05) is 13.1 Å². The van der Waals surface area contributed by atoms with Gasteiger partial charge >= 0.3 is 0 Å². The number of nitrogens with zero attached hydrogens (tertiary/aromatic N) is 4. The highest BCUT2D eigenvalue weighted by Crippen LogP contribution is 2.26. The lowest BCUT2D eigenvalue weighted by Gasteiger charge is -2.30. The average Bonchev–Trinajstić information content (AvgIpc) is 3.28. The zero-order valence-electron chi connectivity index (χ0n) is 12.9. The van der Waals surface area contributed by atoms with Crippen molar-refractivity contribution in [3.8, 4) is 11.4 Å². The Labute approximate surface area is 134 Å². The molecule has 3 heterocycles. The first-order valence-electron chi connectivity index (χ1n) is 7.98. The van der Waals surface area contributed by atoms with Gasteiger partial charge in [0.2, 0.25) is 0 Å². The highest BCUT2D eigenvalue weighted by molar-refractivity contribution is 5.53. The molecule has 1 aliphatic heterocycles. The van der Waals surface area contributed by atoms with E-state index in [0.29, 0.717) is 5.92 Å². The van der Waals surface area contributed by atoms with E-state index in [1.807, 2.05) is 36.4 Å². The second kappa shape index (κ2) is 6.34. The van der Waals surface area contributed by atoms with E-state index in [2.05, 4.69) is 20.3 Å². The molecule has 1 aromatic carbocycles. The maximum absolute atomic E-state index is 4.91. The minimum Gasteiger partial charge on any atom is -0.364 e. The fourth-order valence-electron chi connectivity index (χ4n) is 3.14. The maximum Gasteiger partial charge on any atom is 0.181 e. The Morgan fingerprint density at radius 1 is 1.22 bits per heavy atom. The zero-order chi connectivity index (χ0) is 15.5. The number of aromatic amines is 1. The molecule has 23 heavy (non-hydrogen) atoms. The van der Waals surface area contributed by atoms with Gasteiger partial charge in [0, 0.05) is 30.6 Å². The lowest BCUT2D eigenvalue weighted by molar-refractivity contribution is 0.192. The summed E-state index contributed by atoms with van der Waals surface area (Å²) in [4.78, 5) is 7.11. The van der Waals surface area contributed by atoms with Crippen molar-refractivity contribution in [1.82, 2.24) is 25.2 Å². The Bertz CT molecular complexity index is 737. The van der Waals surface area contributed by atoms with E-state index in [1.54, 1.807) is 6.26 Å². The first-order valence-corrected chi connectivity index (χ1v) is 7.98. The molecule has 1 atom stereocenters. The molecule has 4 rings (SSSR count). The van der Waals surface area contributed by atoms with Gasteiger partial charge in [-0.1, -0.05) is 35.5 Å². The van der Waals surface area contributed by atoms with Gasteiger partial charge in [-0.3, -0.25) is 10.00 Å². The molecule has 2 aromatic heterocycles. The van der Waals surface area contributed by atoms with Crippen LogP contribution in [0.25, 0.3) is 11.4 Å². The van der Waals surface area contributed by atoms with Crippen LogP contribution in [-0.2, 0) is 6.54 Å². The molecule has 6 nitrogen and oxygen atoms in total. The van der Waals surface area contributed by atoms with Gasteiger partial charge in [-0.2, -0.15) is 5.10 Å². The highest BCUT2D eigenvalue weighted by atomic mass is 16.5. The molecule has 1 unspecified atom stereocenters. The summed E-state index contributed by atoms with van der Waals surface area (Å²) in [6, 6.07) is 12.0. The molecule has 1 saturated heterocycles. The van der Waals surface area contributed by atoms with E-state index in [1.165, 1.54) is 0 Å². The smallest absolute Gasteiger partial charge is 0.181 e. The Kier molecular flexibility index (Phi) is 3.90. The van der Waals surface area contributed by atoms with Gasteiger partial charge < -0.3 is 4.52 Å². The van der Waals surface area contributed by atoms with Gasteiger partial charge in [-0.25, -0.2) is 4.98 Å². The normalized spacial score (nSPS) is 19.0. The third-order valence-electron chi connectivity index (χ3n) is 4.30. The van der Waals surface area contributed by atoms with Crippen LogP contribution >= 0.6 is 0 Å². The molecule has 0 bridgehead atoms. The average molecular weight is 309 g/mol. The molecule has 1 N–H and O–H groups in total. The van der Waals surface area contributed by atoms with Crippen molar-refractivity contribution in [3.63, 3.8) is 0 Å². The predicted molar refractivity (Wildman–Crippen MR) is 85.6 cm³/mol. The second-order valence-electron chi connectivity index (χ2n) is 5.98. The molecule has 3 aromatic rings. The summed E-state index contributed by atoms with van der Waals surface area (Å²) < 4.78 is 4.91. The quantitative estimate of drug-likeness (QED) is 0.802. The topological polar surface area (TPSA) is 70.8 Å². The van der Waals surface area contributed by atoms with Gasteiger partial charge in [0.1, 0.15) is 12.1 Å². The number of hydrogen-bond acceptors (Lipinski definition) is 5. The number of hydrogen-bond donors (Lipinski definition) is 1. The molecule has 1 aliphatic rings. The highest BCUT2D eigenvalue weighted by Gasteiger charge is 2.24. The Balaban J connectivity index is 1.46. The fraction of sp³-hybridized carbons (Fsp3) is 0.353. The number of aromatic nitrogens is 4. The van der Waals surface area contributed by atoms with Gasteiger partial charge in [0.15, 0.2) is 5.82 Å². The van der Waals surface area contributed by atoms with Crippen LogP contribution < -0.4 is 0 Å². The molecule has 0 spiro atoms. The maximum atomic E-state index is 4.91. The Morgan fingerprint density at radius 3 is 2.96 bits per heavy atom. The molecule has 0 radical (unpaired) electrons. The van der Waals surface area contributed by atoms with Crippen LogP contribution in [0.15, 0.2) is 47.2 Å². The van der Waals surface area contributed by atoms with E-state index in [4.69, 9.17) is 9.51 Å². The summed E-state index contributed by atoms with van der Waals surface area (Å²) in [7, 11) is 0. The van der Waals surface area contributed by atoms with E-state index in [-0.39, 0.29) is 0 Å². The van der Waals surface area contributed by atoms with Crippen molar-refractivity contribution in [1.29, 1.82) is 0 Å². The van der Waals surface area contributed by atoms with Crippen LogP contribution in [0, 0.1) is 0 Å². The van der Waals surface area contributed by atoms with Gasteiger partial charge in [-0.15, -0.1) is 0 Å². The summed E-state index contributed by atoms with van der Waals surface area (Å²) in [5.74, 6) is 2.14. The number of rotatable bonds is 4. The number of likely N-dealkylation sites (tertiary alicyclic amines) is 1. The van der Waals surface area contributed by atoms with Crippen molar-refractivity contribution in [2.45, 2.75) is 25.3 Å². The van der Waals surface area contributed by atoms with Crippen LogP contribution in [0.3, 0.4) is 0 Å². The van der Waals surface area contributed by atoms with Crippen LogP contribution in [0.1, 0.15) is 30.3 Å². The molecule has 0 saturated carbocycles. The number of piperidine rings is 1. The predicted octanol–water partition coefficient (Wildman–Crippen LogP) is 2.84. The van der Waals surface area contributed by atoms with Crippen LogP contribution in [-0.4, -0.2) is 38.3 Å². The standard InChI is InChI=1S/C17H19N5O/c1-2-5-13(6-3-1)16-18-17(20-19-16)14-7-4-9-22(11-14)12-15-8-10-23-21-15/h1-3,5-6,8,10,14H,4,7,9,11-12H2,(H,18,19,20). The number of H-pyrrole nitrogens is 1. The largest absolute Gasteiger partial charge is 0.364 e. The van der Waals surface area contributed by atoms with E-state index in [0.717, 1.165) is 55.4 Å². The van der Waals surface area contributed by atoms with E-state index in [9.17, 15) is 0 Å². The molecule has 1 fully saturated rings. The monoisotopic (exact) mass is 309 g/mol. The molecular weight excluding hydrogens is 290 g/mol. The van der Waals surface area contributed by atoms with Crippen LogP contribution in [0.5, 0.6) is 0 Å². The van der Waals surface area contributed by atoms with Crippen LogP contribution in [0.4, 0.5) is 0 Å². The summed E-state index contributed by atoms with van der Waals surface area (Å²) in [5, 5.41) is 11.5. The first kappa shape index (κ1) is 14.1. The minimum absolute atomic E-state index is 0.389. The van der Waals surface area contributed by atoms with E-state index >= 15 is 0 Å². The third-order valence-corrected chi connectivity index (χ3v) is 4.30. The Morgan fingerprint density at radius 2 is 2.13 bits per heavy atom. The van der Waals surface area contributed by atoms with Crippen molar-refractivity contribution in [2.24, 2.45) is 0 Å². The molecule has 6 heteroatoms. The van der Waals surface area contributed by atoms with Crippen molar-refractivity contribution >= 4 is 0 Å². The fourth-order valence-corrected chi connectivity index (χ4v) is 3.14. The summed E-state index contributed by atoms with van der Waals surface area (Å²) in [5.41, 5.74) is 2.03. The van der Waals surface area contributed by atoms with E-state index < -0.39 is 0 Å². The zero-order valence-corrected chi connectivity index (χ0v) is 12.9. The molecular formula is C17H19N5O. The molecule has 118 valence electrons. The third kappa shape index (κ3) is 3.17. The summed E-state index contributed by atoms with van der Waals surface area (Å²) >= 11 is 0. The summed E-state index contributed by atoms with van der Waals surface area (Å²) in [6.45, 7) is 2.88. The lowest BCUT2D eigenvalue weighted by Crippen LogP contribution is -2.34. The Hall–Kier alpha value is -2.47. The van der Waals surface area contributed by atoms with Gasteiger partial charge in [-0.05, 0) is 19.4 Å². The van der Waals surface area contributed by atoms with Gasteiger partial charge in [0.25, 0.3) is 0 Å². The summed E-state index contributed by atoms with van der Waals surface area (Å²) in [6.07, 6.45) is 3.92. The number of nitrogens with one attached hydrogen (secondary N) is 1. The molecule has 0 aliphatic carbocycles. The second-order valence-corrected chi connectivity index (χ2v) is 5.98. The van der Waals surface area contributed by atoms with Crippen LogP contribution in [0.2, 0.25) is 0 Å².